The molecule has 0 unspecified atom stereocenters. The maximum absolute atomic E-state index is 4.80. The van der Waals surface area contributed by atoms with Crippen molar-refractivity contribution >= 4 is 22.9 Å². The van der Waals surface area contributed by atoms with Gasteiger partial charge in [0.1, 0.15) is 5.84 Å². The van der Waals surface area contributed by atoms with E-state index in [0.717, 1.165) is 39.5 Å². The Morgan fingerprint density at radius 3 is 2.63 bits per heavy atom. The molecule has 3 heterocycles. The molecule has 2 aromatic rings. The first-order chi connectivity index (χ1) is 14.6. The number of rotatable bonds is 6. The van der Waals surface area contributed by atoms with Crippen molar-refractivity contribution in [2.24, 2.45) is 4.99 Å². The maximum atomic E-state index is 4.80. The molecule has 3 rings (SSSR count). The lowest BCUT2D eigenvalue weighted by molar-refractivity contribution is 0.959. The summed E-state index contributed by atoms with van der Waals surface area (Å²) in [7, 11) is 1.73. The number of amidine groups is 1. The van der Waals surface area contributed by atoms with Crippen LogP contribution in [-0.2, 0) is 6.54 Å². The molecule has 0 atom stereocenters. The molecule has 0 saturated heterocycles. The number of aromatic nitrogens is 4. The highest BCUT2D eigenvalue weighted by atomic mass is 15.1. The quantitative estimate of drug-likeness (QED) is 0.767. The van der Waals surface area contributed by atoms with Gasteiger partial charge in [-0.25, -0.2) is 9.97 Å². The minimum Gasteiger partial charge on any atom is -0.348 e. The van der Waals surface area contributed by atoms with E-state index in [0.29, 0.717) is 18.3 Å². The second-order valence-corrected chi connectivity index (χ2v) is 6.50. The fraction of sp³-hybridized carbons (Fsp3) is 0.174. The Morgan fingerprint density at radius 2 is 2.00 bits per heavy atom. The lowest BCUT2D eigenvalue weighted by atomic mass is 10.00. The Bertz CT molecular complexity index is 1070. The molecular formula is C23H25N7. The van der Waals surface area contributed by atoms with Crippen LogP contribution in [-0.4, -0.2) is 32.8 Å². The van der Waals surface area contributed by atoms with Crippen LogP contribution in [0.1, 0.15) is 29.6 Å². The molecule has 0 radical (unpaired) electrons. The zero-order valence-electron chi connectivity index (χ0n) is 17.5. The molecular weight excluding hydrogens is 374 g/mol. The molecule has 1 aliphatic rings. The molecule has 0 aromatic carbocycles. The molecule has 0 bridgehead atoms. The molecule has 2 N–H and O–H groups in total. The second-order valence-electron chi connectivity index (χ2n) is 6.50. The van der Waals surface area contributed by atoms with Crippen molar-refractivity contribution < 1.29 is 0 Å². The summed E-state index contributed by atoms with van der Waals surface area (Å²) < 4.78 is 0. The third kappa shape index (κ3) is 4.41. The molecule has 0 spiro atoms. The highest BCUT2D eigenvalue weighted by molar-refractivity contribution is 6.25. The Balaban J connectivity index is 2.08. The average Bonchev–Trinajstić information content (AvgIpc) is 2.89. The van der Waals surface area contributed by atoms with Gasteiger partial charge >= 0.3 is 0 Å². The molecule has 0 fully saturated rings. The smallest absolute Gasteiger partial charge is 0.223 e. The van der Waals surface area contributed by atoms with E-state index in [2.05, 4.69) is 43.7 Å². The summed E-state index contributed by atoms with van der Waals surface area (Å²) in [5.41, 5.74) is 5.90. The Labute approximate surface area is 176 Å². The van der Waals surface area contributed by atoms with Crippen molar-refractivity contribution in [3.8, 4) is 0 Å². The topological polar surface area (TPSA) is 88.0 Å². The van der Waals surface area contributed by atoms with E-state index in [1.807, 2.05) is 38.3 Å². The molecule has 0 aliphatic carbocycles. The Hall–Kier alpha value is -3.87. The zero-order valence-corrected chi connectivity index (χ0v) is 17.5. The second kappa shape index (κ2) is 9.56. The normalized spacial score (nSPS) is 16.4. The summed E-state index contributed by atoms with van der Waals surface area (Å²) >= 11 is 0. The number of allylic oxidation sites excluding steroid dienone is 6. The first-order valence-electron chi connectivity index (χ1n) is 9.56. The van der Waals surface area contributed by atoms with Gasteiger partial charge in [-0.2, -0.15) is 0 Å². The van der Waals surface area contributed by atoms with Gasteiger partial charge < -0.3 is 10.6 Å². The minimum atomic E-state index is 0.467. The fourth-order valence-corrected chi connectivity index (χ4v) is 3.03. The number of hydrogen-bond acceptors (Lipinski definition) is 6. The van der Waals surface area contributed by atoms with Gasteiger partial charge in [-0.1, -0.05) is 31.4 Å². The van der Waals surface area contributed by atoms with Gasteiger partial charge in [-0.05, 0) is 26.0 Å². The van der Waals surface area contributed by atoms with Gasteiger partial charge in [-0.15, -0.1) is 0 Å². The van der Waals surface area contributed by atoms with Crippen molar-refractivity contribution in [1.82, 2.24) is 25.3 Å². The highest BCUT2D eigenvalue weighted by Crippen LogP contribution is 2.31. The summed E-state index contributed by atoms with van der Waals surface area (Å²) in [5, 5.41) is 6.58. The fourth-order valence-electron chi connectivity index (χ4n) is 3.03. The molecule has 0 saturated carbocycles. The predicted molar refractivity (Wildman–Crippen MR) is 123 cm³/mol. The molecule has 0 amide bonds. The summed E-state index contributed by atoms with van der Waals surface area (Å²) in [4.78, 5) is 22.4. The van der Waals surface area contributed by atoms with E-state index in [1.165, 1.54) is 0 Å². The van der Waals surface area contributed by atoms with Crippen molar-refractivity contribution in [2.45, 2.75) is 20.4 Å². The predicted octanol–water partition coefficient (Wildman–Crippen LogP) is 3.86. The molecule has 1 aliphatic heterocycles. The molecule has 7 nitrogen and oxygen atoms in total. The molecule has 7 heteroatoms. The van der Waals surface area contributed by atoms with E-state index in [9.17, 15) is 0 Å². The number of anilines is 1. The number of aryl methyl sites for hydroxylation is 1. The first-order valence-corrected chi connectivity index (χ1v) is 9.56. The zero-order chi connectivity index (χ0) is 21.5. The monoisotopic (exact) mass is 399 g/mol. The highest BCUT2D eigenvalue weighted by Gasteiger charge is 2.23. The summed E-state index contributed by atoms with van der Waals surface area (Å²) in [6.45, 7) is 12.1. The van der Waals surface area contributed by atoms with Crippen molar-refractivity contribution in [2.75, 3.05) is 12.4 Å². The molecule has 30 heavy (non-hydrogen) atoms. The number of nitrogens with zero attached hydrogens (tertiary/aromatic N) is 5. The molecule has 2 aromatic heterocycles. The van der Waals surface area contributed by atoms with Gasteiger partial charge in [-0.3, -0.25) is 15.0 Å². The van der Waals surface area contributed by atoms with Crippen LogP contribution in [0.5, 0.6) is 0 Å². The number of nitrogens with one attached hydrogen (secondary N) is 2. The van der Waals surface area contributed by atoms with Crippen molar-refractivity contribution in [1.29, 1.82) is 0 Å². The van der Waals surface area contributed by atoms with Gasteiger partial charge in [0.2, 0.25) is 5.95 Å². The Kier molecular flexibility index (Phi) is 6.64. The van der Waals surface area contributed by atoms with Crippen LogP contribution in [0.4, 0.5) is 5.95 Å². The third-order valence-corrected chi connectivity index (χ3v) is 4.44. The first kappa shape index (κ1) is 20.9. The van der Waals surface area contributed by atoms with Crippen LogP contribution in [0.25, 0.3) is 11.1 Å². The van der Waals surface area contributed by atoms with E-state index in [4.69, 9.17) is 4.98 Å². The van der Waals surface area contributed by atoms with E-state index < -0.39 is 0 Å². The van der Waals surface area contributed by atoms with Crippen LogP contribution in [0.15, 0.2) is 72.8 Å². The third-order valence-electron chi connectivity index (χ3n) is 4.44. The van der Waals surface area contributed by atoms with E-state index in [-0.39, 0.29) is 0 Å². The van der Waals surface area contributed by atoms with Gasteiger partial charge in [0.05, 0.1) is 29.8 Å². The number of fused-ring (bicyclic) bond motifs is 1. The summed E-state index contributed by atoms with van der Waals surface area (Å²) in [6, 6.07) is 0. The van der Waals surface area contributed by atoms with Gasteiger partial charge in [0, 0.05) is 41.8 Å². The number of aliphatic imine (C=N–C) groups is 1. The van der Waals surface area contributed by atoms with E-state index in [1.54, 1.807) is 31.6 Å². The lowest BCUT2D eigenvalue weighted by Crippen LogP contribution is -2.22. The van der Waals surface area contributed by atoms with Crippen LogP contribution < -0.4 is 10.6 Å². The van der Waals surface area contributed by atoms with Crippen LogP contribution in [0.2, 0.25) is 0 Å². The maximum Gasteiger partial charge on any atom is 0.223 e. The Morgan fingerprint density at radius 1 is 1.17 bits per heavy atom. The van der Waals surface area contributed by atoms with Crippen LogP contribution >= 0.6 is 0 Å². The number of hydrogen-bond donors (Lipinski definition) is 2. The lowest BCUT2D eigenvalue weighted by Gasteiger charge is -2.12. The SMILES string of the molecule is C=C/C=C1\C(=NC)NC(C=C)=C(/C=C\C)c2cnc(NCc3cnc(C)cn3)nc21. The standard InChI is InChI=1S/C23H25N7/c1-6-9-17-19-14-28-23(27-13-16-12-25-15(4)11-26-16)30-21(19)18(10-7-2)22(24-5)29-20(17)8-3/h6-12,14H,2-3,13H2,1,4-5H3,(H,24,29)(H,27,28,30)/b9-6-,18-10-. The van der Waals surface area contributed by atoms with Crippen LogP contribution in [0.3, 0.4) is 0 Å². The van der Waals surface area contributed by atoms with Crippen LogP contribution in [0, 0.1) is 6.92 Å². The largest absolute Gasteiger partial charge is 0.348 e. The van der Waals surface area contributed by atoms with Gasteiger partial charge in [0.25, 0.3) is 0 Å². The van der Waals surface area contributed by atoms with E-state index >= 15 is 0 Å². The minimum absolute atomic E-state index is 0.467. The summed E-state index contributed by atoms with van der Waals surface area (Å²) in [6.07, 6.45) is 14.6. The van der Waals surface area contributed by atoms with Crippen molar-refractivity contribution in [3.63, 3.8) is 0 Å². The average molecular weight is 400 g/mol. The van der Waals surface area contributed by atoms with Crippen molar-refractivity contribution in [3.05, 3.63) is 90.5 Å². The summed E-state index contributed by atoms with van der Waals surface area (Å²) in [5.74, 6) is 1.17. The molecule has 152 valence electrons. The van der Waals surface area contributed by atoms with Gasteiger partial charge in [0.15, 0.2) is 0 Å².